The summed E-state index contributed by atoms with van der Waals surface area (Å²) in [4.78, 5) is 11.8. The van der Waals surface area contributed by atoms with E-state index in [4.69, 9.17) is 10.5 Å². The lowest BCUT2D eigenvalue weighted by Gasteiger charge is -2.35. The summed E-state index contributed by atoms with van der Waals surface area (Å²) in [5, 5.41) is 13.2. The predicted octanol–water partition coefficient (Wildman–Crippen LogP) is 1.70. The highest BCUT2D eigenvalue weighted by Crippen LogP contribution is 2.31. The summed E-state index contributed by atoms with van der Waals surface area (Å²) in [7, 11) is 0. The Hall–Kier alpha value is -1.75. The first-order valence-corrected chi connectivity index (χ1v) is 7.45. The zero-order valence-corrected chi connectivity index (χ0v) is 12.5. The van der Waals surface area contributed by atoms with Crippen LogP contribution < -0.4 is 15.8 Å². The lowest BCUT2D eigenvalue weighted by molar-refractivity contribution is -0.124. The van der Waals surface area contributed by atoms with Gasteiger partial charge in [0.1, 0.15) is 5.75 Å². The number of amides is 1. The minimum atomic E-state index is -0.779. The van der Waals surface area contributed by atoms with Crippen molar-refractivity contribution in [3.05, 3.63) is 24.3 Å². The Kier molecular flexibility index (Phi) is 5.07. The van der Waals surface area contributed by atoms with Crippen LogP contribution in [0.3, 0.4) is 0 Å². The van der Waals surface area contributed by atoms with Crippen molar-refractivity contribution >= 4 is 11.6 Å². The van der Waals surface area contributed by atoms with E-state index in [9.17, 15) is 9.90 Å². The van der Waals surface area contributed by atoms with Gasteiger partial charge in [0.15, 0.2) is 6.61 Å². The van der Waals surface area contributed by atoms with E-state index in [1.807, 2.05) is 6.07 Å². The molecule has 2 unspecified atom stereocenters. The van der Waals surface area contributed by atoms with Crippen LogP contribution in [-0.2, 0) is 4.79 Å². The van der Waals surface area contributed by atoms with Gasteiger partial charge in [0.2, 0.25) is 0 Å². The van der Waals surface area contributed by atoms with Crippen molar-refractivity contribution in [3.63, 3.8) is 0 Å². The molecule has 1 fully saturated rings. The molecule has 2 atom stereocenters. The summed E-state index contributed by atoms with van der Waals surface area (Å²) < 4.78 is 5.37. The molecule has 5 heteroatoms. The fourth-order valence-electron chi connectivity index (χ4n) is 2.86. The van der Waals surface area contributed by atoms with Crippen LogP contribution in [0.25, 0.3) is 0 Å². The Balaban J connectivity index is 1.76. The fraction of sp³-hybridized carbons (Fsp3) is 0.562. The maximum atomic E-state index is 11.8. The molecule has 0 aliphatic heterocycles. The van der Waals surface area contributed by atoms with Gasteiger partial charge >= 0.3 is 0 Å². The van der Waals surface area contributed by atoms with Gasteiger partial charge in [-0.1, -0.05) is 31.9 Å². The van der Waals surface area contributed by atoms with E-state index >= 15 is 0 Å². The maximum Gasteiger partial charge on any atom is 0.258 e. The van der Waals surface area contributed by atoms with E-state index in [1.54, 1.807) is 18.2 Å². The Morgan fingerprint density at radius 2 is 2.29 bits per heavy atom. The molecule has 1 aliphatic rings. The van der Waals surface area contributed by atoms with Crippen LogP contribution in [-0.4, -0.2) is 29.8 Å². The summed E-state index contributed by atoms with van der Waals surface area (Å²) in [5.41, 5.74) is 5.46. The van der Waals surface area contributed by atoms with Crippen molar-refractivity contribution in [2.75, 3.05) is 18.9 Å². The van der Waals surface area contributed by atoms with Crippen molar-refractivity contribution in [1.82, 2.24) is 5.32 Å². The van der Waals surface area contributed by atoms with Gasteiger partial charge in [-0.05, 0) is 30.9 Å². The standard InChI is InChI=1S/C16H24N2O3/c1-12-5-4-8-16(20,9-12)11-18-15(19)10-21-14-7-3-2-6-13(14)17/h2-3,6-7,12,20H,4-5,8-11,17H2,1H3,(H,18,19). The lowest BCUT2D eigenvalue weighted by Crippen LogP contribution is -2.46. The van der Waals surface area contributed by atoms with E-state index in [-0.39, 0.29) is 19.1 Å². The summed E-state index contributed by atoms with van der Waals surface area (Å²) in [5.74, 6) is 0.753. The molecule has 0 heterocycles. The van der Waals surface area contributed by atoms with Gasteiger partial charge in [0.25, 0.3) is 5.91 Å². The number of hydrogen-bond acceptors (Lipinski definition) is 4. The number of hydrogen-bond donors (Lipinski definition) is 3. The van der Waals surface area contributed by atoms with Gasteiger partial charge in [0.05, 0.1) is 11.3 Å². The SMILES string of the molecule is CC1CCCC(O)(CNC(=O)COc2ccccc2N)C1. The van der Waals surface area contributed by atoms with Crippen molar-refractivity contribution in [1.29, 1.82) is 0 Å². The summed E-state index contributed by atoms with van der Waals surface area (Å²) in [6.45, 7) is 2.32. The topological polar surface area (TPSA) is 84.6 Å². The van der Waals surface area contributed by atoms with Crippen LogP contribution in [0, 0.1) is 5.92 Å². The molecule has 0 radical (unpaired) electrons. The maximum absolute atomic E-state index is 11.8. The van der Waals surface area contributed by atoms with Gasteiger partial charge in [-0.15, -0.1) is 0 Å². The molecule has 4 N–H and O–H groups in total. The second-order valence-corrected chi connectivity index (χ2v) is 6.03. The van der Waals surface area contributed by atoms with Crippen LogP contribution in [0.4, 0.5) is 5.69 Å². The lowest BCUT2D eigenvalue weighted by atomic mass is 9.79. The molecule has 1 saturated carbocycles. The third-order valence-corrected chi connectivity index (χ3v) is 3.96. The average molecular weight is 292 g/mol. The number of carbonyl (C=O) groups excluding carboxylic acids is 1. The molecule has 1 aromatic carbocycles. The van der Waals surface area contributed by atoms with Crippen LogP contribution >= 0.6 is 0 Å². The number of ether oxygens (including phenoxy) is 1. The van der Waals surface area contributed by atoms with Gasteiger partial charge in [0, 0.05) is 6.54 Å². The predicted molar refractivity (Wildman–Crippen MR) is 81.9 cm³/mol. The molecule has 2 rings (SSSR count). The number of nitrogens with one attached hydrogen (secondary N) is 1. The molecule has 116 valence electrons. The number of benzene rings is 1. The highest BCUT2D eigenvalue weighted by Gasteiger charge is 2.32. The molecule has 1 amide bonds. The van der Waals surface area contributed by atoms with Crippen molar-refractivity contribution in [2.45, 2.75) is 38.2 Å². The Morgan fingerprint density at radius 3 is 3.00 bits per heavy atom. The first kappa shape index (κ1) is 15.6. The van der Waals surface area contributed by atoms with Crippen LogP contribution in [0.15, 0.2) is 24.3 Å². The van der Waals surface area contributed by atoms with Crippen molar-refractivity contribution in [3.8, 4) is 5.75 Å². The van der Waals surface area contributed by atoms with E-state index in [0.717, 1.165) is 25.7 Å². The third kappa shape index (κ3) is 4.63. The molecule has 21 heavy (non-hydrogen) atoms. The first-order chi connectivity index (χ1) is 9.98. The Labute approximate surface area is 125 Å². The number of nitrogen functional groups attached to an aromatic ring is 1. The Morgan fingerprint density at radius 1 is 1.52 bits per heavy atom. The number of rotatable bonds is 5. The molecule has 5 nitrogen and oxygen atoms in total. The fourth-order valence-corrected chi connectivity index (χ4v) is 2.86. The number of carbonyl (C=O) groups is 1. The quantitative estimate of drug-likeness (QED) is 0.721. The van der Waals surface area contributed by atoms with Crippen LogP contribution in [0.2, 0.25) is 0 Å². The smallest absolute Gasteiger partial charge is 0.258 e. The molecule has 0 saturated heterocycles. The largest absolute Gasteiger partial charge is 0.482 e. The van der Waals surface area contributed by atoms with Gasteiger partial charge in [-0.2, -0.15) is 0 Å². The van der Waals surface area contributed by atoms with E-state index in [1.165, 1.54) is 0 Å². The minimum Gasteiger partial charge on any atom is -0.482 e. The molecule has 0 aromatic heterocycles. The van der Waals surface area contributed by atoms with E-state index < -0.39 is 5.60 Å². The number of nitrogens with two attached hydrogens (primary N) is 1. The second-order valence-electron chi connectivity index (χ2n) is 6.03. The first-order valence-electron chi connectivity index (χ1n) is 7.45. The van der Waals surface area contributed by atoms with Gasteiger partial charge < -0.3 is 20.9 Å². The van der Waals surface area contributed by atoms with Crippen LogP contribution in [0.1, 0.15) is 32.6 Å². The number of anilines is 1. The van der Waals surface area contributed by atoms with Crippen molar-refractivity contribution in [2.24, 2.45) is 5.92 Å². The molecular formula is C16H24N2O3. The van der Waals surface area contributed by atoms with E-state index in [2.05, 4.69) is 12.2 Å². The number of aliphatic hydroxyl groups is 1. The molecule has 0 spiro atoms. The molecular weight excluding hydrogens is 268 g/mol. The molecule has 1 aromatic rings. The third-order valence-electron chi connectivity index (χ3n) is 3.96. The Bertz CT molecular complexity index is 492. The second kappa shape index (κ2) is 6.80. The molecule has 0 bridgehead atoms. The highest BCUT2D eigenvalue weighted by atomic mass is 16.5. The molecule has 1 aliphatic carbocycles. The van der Waals surface area contributed by atoms with E-state index in [0.29, 0.717) is 17.4 Å². The van der Waals surface area contributed by atoms with Crippen molar-refractivity contribution < 1.29 is 14.6 Å². The zero-order chi connectivity index (χ0) is 15.3. The highest BCUT2D eigenvalue weighted by molar-refractivity contribution is 5.77. The normalized spacial score (nSPS) is 25.3. The zero-order valence-electron chi connectivity index (χ0n) is 12.5. The summed E-state index contributed by atoms with van der Waals surface area (Å²) >= 11 is 0. The monoisotopic (exact) mass is 292 g/mol. The van der Waals surface area contributed by atoms with Gasteiger partial charge in [-0.3, -0.25) is 4.79 Å². The minimum absolute atomic E-state index is 0.0974. The number of para-hydroxylation sites is 2. The average Bonchev–Trinajstić information content (AvgIpc) is 2.44. The van der Waals surface area contributed by atoms with Crippen LogP contribution in [0.5, 0.6) is 5.75 Å². The summed E-state index contributed by atoms with van der Waals surface area (Å²) in [6.07, 6.45) is 3.63. The van der Waals surface area contributed by atoms with Gasteiger partial charge in [-0.25, -0.2) is 0 Å². The summed E-state index contributed by atoms with van der Waals surface area (Å²) in [6, 6.07) is 7.05.